The van der Waals surface area contributed by atoms with Crippen LogP contribution >= 0.6 is 11.8 Å². The summed E-state index contributed by atoms with van der Waals surface area (Å²) in [6.07, 6.45) is 2.63. The highest BCUT2D eigenvalue weighted by atomic mass is 32.2. The third kappa shape index (κ3) is 3.63. The SMILES string of the molecule is CSc1ncnn2c(C3O[C@H](COCc4ccccc4)[C@H]4OC(C)(C)O[C@@H]34)ccc12. The molecule has 0 radical (unpaired) electrons. The van der Waals surface area contributed by atoms with Gasteiger partial charge in [-0.25, -0.2) is 9.50 Å². The maximum atomic E-state index is 6.42. The van der Waals surface area contributed by atoms with Crippen molar-refractivity contribution in [3.05, 3.63) is 60.0 Å². The van der Waals surface area contributed by atoms with Crippen LogP contribution in [-0.4, -0.2) is 51.6 Å². The van der Waals surface area contributed by atoms with Crippen LogP contribution in [0.2, 0.25) is 0 Å². The molecule has 7 nitrogen and oxygen atoms in total. The molecule has 30 heavy (non-hydrogen) atoms. The van der Waals surface area contributed by atoms with Gasteiger partial charge in [0, 0.05) is 0 Å². The first kappa shape index (κ1) is 20.0. The number of thioether (sulfide) groups is 1. The van der Waals surface area contributed by atoms with E-state index < -0.39 is 5.79 Å². The molecule has 2 fully saturated rings. The second kappa shape index (κ2) is 7.94. The number of fused-ring (bicyclic) bond motifs is 2. The molecule has 2 aliphatic heterocycles. The van der Waals surface area contributed by atoms with E-state index >= 15 is 0 Å². The van der Waals surface area contributed by atoms with Gasteiger partial charge in [-0.15, -0.1) is 11.8 Å². The second-order valence-electron chi connectivity index (χ2n) is 7.99. The summed E-state index contributed by atoms with van der Waals surface area (Å²) >= 11 is 1.59. The lowest BCUT2D eigenvalue weighted by Crippen LogP contribution is -2.32. The zero-order chi connectivity index (χ0) is 20.7. The minimum atomic E-state index is -0.665. The van der Waals surface area contributed by atoms with E-state index in [9.17, 15) is 0 Å². The lowest BCUT2D eigenvalue weighted by molar-refractivity contribution is -0.193. The minimum Gasteiger partial charge on any atom is -0.374 e. The summed E-state index contributed by atoms with van der Waals surface area (Å²) in [6.45, 7) is 4.84. The Morgan fingerprint density at radius 2 is 1.90 bits per heavy atom. The van der Waals surface area contributed by atoms with Crippen molar-refractivity contribution in [1.29, 1.82) is 0 Å². The maximum Gasteiger partial charge on any atom is 0.164 e. The van der Waals surface area contributed by atoms with Crippen LogP contribution in [-0.2, 0) is 25.6 Å². The maximum absolute atomic E-state index is 6.42. The molecule has 4 atom stereocenters. The van der Waals surface area contributed by atoms with Crippen LogP contribution in [0.1, 0.15) is 31.2 Å². The Morgan fingerprint density at radius 3 is 2.70 bits per heavy atom. The van der Waals surface area contributed by atoms with Gasteiger partial charge >= 0.3 is 0 Å². The predicted molar refractivity (Wildman–Crippen MR) is 112 cm³/mol. The fourth-order valence-electron chi connectivity index (χ4n) is 4.23. The summed E-state index contributed by atoms with van der Waals surface area (Å²) in [5.41, 5.74) is 3.03. The summed E-state index contributed by atoms with van der Waals surface area (Å²) in [5, 5.41) is 5.38. The van der Waals surface area contributed by atoms with E-state index in [2.05, 4.69) is 22.2 Å². The first-order chi connectivity index (χ1) is 14.6. The van der Waals surface area contributed by atoms with Crippen LogP contribution in [0, 0.1) is 0 Å². The molecule has 0 bridgehead atoms. The highest BCUT2D eigenvalue weighted by Crippen LogP contribution is 2.45. The van der Waals surface area contributed by atoms with Gasteiger partial charge in [-0.2, -0.15) is 5.10 Å². The molecule has 1 unspecified atom stereocenters. The van der Waals surface area contributed by atoms with Crippen molar-refractivity contribution in [3.63, 3.8) is 0 Å². The van der Waals surface area contributed by atoms with Gasteiger partial charge in [0.1, 0.15) is 35.8 Å². The summed E-state index contributed by atoms with van der Waals surface area (Å²) in [6, 6.07) is 14.2. The highest BCUT2D eigenvalue weighted by Gasteiger charge is 2.56. The molecule has 5 rings (SSSR count). The largest absolute Gasteiger partial charge is 0.374 e. The summed E-state index contributed by atoms with van der Waals surface area (Å²) in [7, 11) is 0. The molecular weight excluding hydrogens is 402 g/mol. The zero-order valence-corrected chi connectivity index (χ0v) is 18.0. The fraction of sp³-hybridized carbons (Fsp3) is 0.455. The first-order valence-electron chi connectivity index (χ1n) is 10.0. The predicted octanol–water partition coefficient (Wildman–Crippen LogP) is 3.63. The lowest BCUT2D eigenvalue weighted by Gasteiger charge is -2.24. The number of hydrogen-bond donors (Lipinski definition) is 0. The number of benzene rings is 1. The Labute approximate surface area is 179 Å². The van der Waals surface area contributed by atoms with Crippen molar-refractivity contribution in [2.24, 2.45) is 0 Å². The average Bonchev–Trinajstić information content (AvgIpc) is 3.40. The van der Waals surface area contributed by atoms with Crippen LogP contribution in [0.25, 0.3) is 5.52 Å². The molecule has 2 aliphatic rings. The van der Waals surface area contributed by atoms with Gasteiger partial charge in [0.05, 0.1) is 24.4 Å². The van der Waals surface area contributed by atoms with E-state index in [1.807, 2.05) is 55.0 Å². The molecule has 0 amide bonds. The monoisotopic (exact) mass is 427 g/mol. The highest BCUT2D eigenvalue weighted by molar-refractivity contribution is 7.98. The van der Waals surface area contributed by atoms with Crippen LogP contribution in [0.4, 0.5) is 0 Å². The van der Waals surface area contributed by atoms with Gasteiger partial charge in [0.2, 0.25) is 0 Å². The number of rotatable bonds is 6. The van der Waals surface area contributed by atoms with Gasteiger partial charge < -0.3 is 18.9 Å². The molecule has 4 heterocycles. The normalized spacial score (nSPS) is 27.6. The van der Waals surface area contributed by atoms with Crippen LogP contribution < -0.4 is 0 Å². The molecule has 0 spiro atoms. The summed E-state index contributed by atoms with van der Waals surface area (Å²) in [4.78, 5) is 4.35. The minimum absolute atomic E-state index is 0.201. The second-order valence-corrected chi connectivity index (χ2v) is 8.78. The van der Waals surface area contributed by atoms with Gasteiger partial charge in [-0.05, 0) is 37.8 Å². The molecular formula is C22H25N3O4S. The van der Waals surface area contributed by atoms with Gasteiger partial charge in [-0.3, -0.25) is 0 Å². The third-order valence-electron chi connectivity index (χ3n) is 5.47. The Balaban J connectivity index is 1.38. The summed E-state index contributed by atoms with van der Waals surface area (Å²) in [5.74, 6) is -0.665. The quantitative estimate of drug-likeness (QED) is 0.557. The van der Waals surface area contributed by atoms with Crippen LogP contribution in [0.5, 0.6) is 0 Å². The molecule has 2 saturated heterocycles. The van der Waals surface area contributed by atoms with Gasteiger partial charge in [0.25, 0.3) is 0 Å². The number of nitrogens with zero attached hydrogens (tertiary/aromatic N) is 3. The molecule has 1 aromatic carbocycles. The average molecular weight is 428 g/mol. The van der Waals surface area contributed by atoms with Crippen molar-refractivity contribution in [2.45, 2.75) is 55.7 Å². The molecule has 2 aromatic heterocycles. The number of hydrogen-bond acceptors (Lipinski definition) is 7. The summed E-state index contributed by atoms with van der Waals surface area (Å²) < 4.78 is 26.7. The van der Waals surface area contributed by atoms with E-state index in [0.29, 0.717) is 13.2 Å². The standard InChI is InChI=1S/C22H25N3O4S/c1-22(2)28-19-17(12-26-11-14-7-5-4-6-8-14)27-18(20(19)29-22)15-9-10-16-21(30-3)23-13-24-25(15)16/h4-10,13,17-20H,11-12H2,1-3H3/t17-,18?,19-,20+/m1/s1. The van der Waals surface area contributed by atoms with Gasteiger partial charge in [0.15, 0.2) is 5.79 Å². The first-order valence-corrected chi connectivity index (χ1v) is 11.3. The molecule has 0 N–H and O–H groups in total. The van der Waals surface area contributed by atoms with Crippen molar-refractivity contribution < 1.29 is 18.9 Å². The Kier molecular flexibility index (Phi) is 5.28. The van der Waals surface area contributed by atoms with Crippen molar-refractivity contribution >= 4 is 17.3 Å². The molecule has 0 saturated carbocycles. The molecule has 8 heteroatoms. The smallest absolute Gasteiger partial charge is 0.164 e. The molecule has 3 aromatic rings. The third-order valence-corrected chi connectivity index (χ3v) is 6.18. The fourth-order valence-corrected chi connectivity index (χ4v) is 4.74. The van der Waals surface area contributed by atoms with Crippen LogP contribution in [0.15, 0.2) is 53.8 Å². The molecule has 0 aliphatic carbocycles. The number of aromatic nitrogens is 3. The Bertz CT molecular complexity index is 1030. The van der Waals surface area contributed by atoms with Gasteiger partial charge in [-0.1, -0.05) is 30.3 Å². The zero-order valence-electron chi connectivity index (χ0n) is 17.2. The van der Waals surface area contributed by atoms with Crippen molar-refractivity contribution in [1.82, 2.24) is 14.6 Å². The van der Waals surface area contributed by atoms with E-state index in [4.69, 9.17) is 18.9 Å². The van der Waals surface area contributed by atoms with Crippen LogP contribution in [0.3, 0.4) is 0 Å². The van der Waals surface area contributed by atoms with E-state index in [-0.39, 0.29) is 24.4 Å². The van der Waals surface area contributed by atoms with Crippen molar-refractivity contribution in [2.75, 3.05) is 12.9 Å². The lowest BCUT2D eigenvalue weighted by atomic mass is 10.1. The Morgan fingerprint density at radius 1 is 1.10 bits per heavy atom. The van der Waals surface area contributed by atoms with Crippen molar-refractivity contribution in [3.8, 4) is 0 Å². The topological polar surface area (TPSA) is 67.1 Å². The number of ether oxygens (including phenoxy) is 4. The Hall–Kier alpha value is -1.97. The van der Waals surface area contributed by atoms with E-state index in [1.54, 1.807) is 18.1 Å². The van der Waals surface area contributed by atoms with E-state index in [1.165, 1.54) is 0 Å². The molecule has 158 valence electrons. The van der Waals surface area contributed by atoms with E-state index in [0.717, 1.165) is 21.8 Å².